The van der Waals surface area contributed by atoms with Crippen molar-refractivity contribution in [3.63, 3.8) is 0 Å². The zero-order valence-corrected chi connectivity index (χ0v) is 10.3. The Morgan fingerprint density at radius 2 is 1.25 bits per heavy atom. The normalized spacial score (nSPS) is 17.7. The molecular weight excluding hydrogens is 184 g/mol. The maximum absolute atomic E-state index is 5.41. The molecular formula is C10H21ClSi. The van der Waals surface area contributed by atoms with Crippen molar-refractivity contribution in [1.29, 1.82) is 0 Å². The van der Waals surface area contributed by atoms with Gasteiger partial charge in [0.1, 0.15) is 8.11 Å². The summed E-state index contributed by atoms with van der Waals surface area (Å²) in [5.41, 5.74) is 0. The summed E-state index contributed by atoms with van der Waals surface area (Å²) in [6.45, 7) is 4.14. The lowest BCUT2D eigenvalue weighted by molar-refractivity contribution is 0.638. The van der Waals surface area contributed by atoms with Gasteiger partial charge in [0.2, 0.25) is 0 Å². The first-order chi connectivity index (χ1) is 5.73. The number of rotatable bonds is 0. The van der Waals surface area contributed by atoms with Crippen LogP contribution in [0.5, 0.6) is 0 Å². The average Bonchev–Trinajstić information content (AvgIpc) is 1.82. The van der Waals surface area contributed by atoms with Gasteiger partial charge in [-0.25, -0.2) is 0 Å². The van der Waals surface area contributed by atoms with Gasteiger partial charge in [-0.05, 0) is 25.7 Å². The van der Waals surface area contributed by atoms with Crippen LogP contribution in [-0.2, 0) is 0 Å². The molecule has 0 aromatic carbocycles. The zero-order valence-electron chi connectivity index (χ0n) is 8.35. The molecule has 0 spiro atoms. The highest BCUT2D eigenvalue weighted by Crippen LogP contribution is 2.09. The minimum absolute atomic E-state index is 0.667. The summed E-state index contributed by atoms with van der Waals surface area (Å²) < 4.78 is 0. The molecule has 0 aromatic heterocycles. The second kappa shape index (κ2) is 9.34. The van der Waals surface area contributed by atoms with E-state index in [4.69, 9.17) is 11.1 Å². The third kappa shape index (κ3) is 12.9. The van der Waals surface area contributed by atoms with E-state index >= 15 is 0 Å². The first-order valence-electron chi connectivity index (χ1n) is 5.02. The van der Waals surface area contributed by atoms with Gasteiger partial charge in [-0.2, -0.15) is 11.1 Å². The van der Waals surface area contributed by atoms with Crippen molar-refractivity contribution < 1.29 is 0 Å². The maximum atomic E-state index is 5.41. The standard InChI is InChI=1S/C8H14.C2H7ClSi/c1-2-4-6-8-7-5-3-1;1-4(2)3/h1-2H,3-8H2;4H,1-2H3. The fourth-order valence-corrected chi connectivity index (χ4v) is 1.11. The molecule has 0 heterocycles. The van der Waals surface area contributed by atoms with Crippen LogP contribution in [0, 0.1) is 0 Å². The van der Waals surface area contributed by atoms with E-state index in [1.54, 1.807) is 0 Å². The lowest BCUT2D eigenvalue weighted by atomic mass is 10.1. The number of hydrogen-bond acceptors (Lipinski definition) is 0. The summed E-state index contributed by atoms with van der Waals surface area (Å²) in [4.78, 5) is 0. The molecule has 0 aromatic rings. The molecule has 1 aliphatic carbocycles. The van der Waals surface area contributed by atoms with Crippen molar-refractivity contribution in [2.24, 2.45) is 0 Å². The van der Waals surface area contributed by atoms with Gasteiger partial charge in [0, 0.05) is 0 Å². The molecule has 0 saturated carbocycles. The Hall–Kier alpha value is 0.247. The predicted molar refractivity (Wildman–Crippen MR) is 61.6 cm³/mol. The first kappa shape index (κ1) is 12.2. The average molecular weight is 205 g/mol. The van der Waals surface area contributed by atoms with Crippen molar-refractivity contribution in [3.8, 4) is 0 Å². The molecule has 1 aliphatic rings. The summed E-state index contributed by atoms with van der Waals surface area (Å²) in [5, 5.41) is 0. The van der Waals surface area contributed by atoms with E-state index in [2.05, 4.69) is 25.2 Å². The SMILES string of the molecule is C1=CCCCCCC1.C[SiH](C)Cl. The minimum Gasteiger partial charge on any atom is -0.172 e. The van der Waals surface area contributed by atoms with Gasteiger partial charge in [-0.15, -0.1) is 0 Å². The molecule has 0 N–H and O–H groups in total. The van der Waals surface area contributed by atoms with Crippen LogP contribution in [0.15, 0.2) is 12.2 Å². The largest absolute Gasteiger partial charge is 0.172 e. The number of hydrogen-bond donors (Lipinski definition) is 0. The second-order valence-corrected chi connectivity index (χ2v) is 8.12. The van der Waals surface area contributed by atoms with Gasteiger partial charge >= 0.3 is 0 Å². The molecule has 1 rings (SSSR count). The number of allylic oxidation sites excluding steroid dienone is 2. The Bertz CT molecular complexity index is 97.7. The van der Waals surface area contributed by atoms with E-state index in [0.29, 0.717) is 0 Å². The van der Waals surface area contributed by atoms with Gasteiger partial charge in [0.15, 0.2) is 0 Å². The van der Waals surface area contributed by atoms with Gasteiger partial charge in [-0.1, -0.05) is 38.1 Å². The molecule has 0 aliphatic heterocycles. The summed E-state index contributed by atoms with van der Waals surface area (Å²) in [7, 11) is -0.667. The molecule has 12 heavy (non-hydrogen) atoms. The number of halogens is 1. The summed E-state index contributed by atoms with van der Waals surface area (Å²) in [6, 6.07) is 0. The highest BCUT2D eigenvalue weighted by molar-refractivity contribution is 7.05. The first-order valence-corrected chi connectivity index (χ1v) is 9.08. The van der Waals surface area contributed by atoms with Crippen molar-refractivity contribution in [1.82, 2.24) is 0 Å². The van der Waals surface area contributed by atoms with E-state index in [0.717, 1.165) is 0 Å². The Morgan fingerprint density at radius 1 is 0.917 bits per heavy atom. The molecule has 0 saturated heterocycles. The fraction of sp³-hybridized carbons (Fsp3) is 0.800. The third-order valence-electron chi connectivity index (χ3n) is 1.66. The Morgan fingerprint density at radius 3 is 1.58 bits per heavy atom. The molecule has 0 fully saturated rings. The zero-order chi connectivity index (χ0) is 9.23. The highest BCUT2D eigenvalue weighted by atomic mass is 35.6. The molecule has 0 bridgehead atoms. The summed E-state index contributed by atoms with van der Waals surface area (Å²) in [5.74, 6) is 0. The van der Waals surface area contributed by atoms with Crippen molar-refractivity contribution in [2.75, 3.05) is 0 Å². The Labute approximate surface area is 83.3 Å². The summed E-state index contributed by atoms with van der Waals surface area (Å²) in [6.07, 6.45) is 13.0. The van der Waals surface area contributed by atoms with Crippen LogP contribution in [-0.4, -0.2) is 8.11 Å². The fourth-order valence-electron chi connectivity index (χ4n) is 1.11. The molecule has 0 amide bonds. The lowest BCUT2D eigenvalue weighted by Crippen LogP contribution is -1.80. The van der Waals surface area contributed by atoms with Crippen LogP contribution in [0.25, 0.3) is 0 Å². The molecule has 72 valence electrons. The van der Waals surface area contributed by atoms with Crippen molar-refractivity contribution in [3.05, 3.63) is 12.2 Å². The van der Waals surface area contributed by atoms with E-state index < -0.39 is 8.11 Å². The van der Waals surface area contributed by atoms with E-state index in [9.17, 15) is 0 Å². The quantitative estimate of drug-likeness (QED) is 0.317. The summed E-state index contributed by atoms with van der Waals surface area (Å²) >= 11 is 5.41. The van der Waals surface area contributed by atoms with Crippen LogP contribution in [0.2, 0.25) is 13.1 Å². The maximum Gasteiger partial charge on any atom is 0.134 e. The van der Waals surface area contributed by atoms with Crippen molar-refractivity contribution >= 4 is 19.2 Å². The second-order valence-electron chi connectivity index (χ2n) is 3.48. The smallest absolute Gasteiger partial charge is 0.134 e. The highest BCUT2D eigenvalue weighted by Gasteiger charge is 1.89. The third-order valence-corrected chi connectivity index (χ3v) is 1.66. The van der Waals surface area contributed by atoms with Gasteiger partial charge < -0.3 is 0 Å². The topological polar surface area (TPSA) is 0 Å². The lowest BCUT2D eigenvalue weighted by Gasteiger charge is -2.00. The van der Waals surface area contributed by atoms with Gasteiger partial charge in [0.25, 0.3) is 0 Å². The van der Waals surface area contributed by atoms with Gasteiger partial charge in [-0.3, -0.25) is 0 Å². The monoisotopic (exact) mass is 204 g/mol. The van der Waals surface area contributed by atoms with Crippen LogP contribution < -0.4 is 0 Å². The van der Waals surface area contributed by atoms with Gasteiger partial charge in [0.05, 0.1) is 0 Å². The van der Waals surface area contributed by atoms with E-state index in [1.165, 1.54) is 38.5 Å². The molecule has 0 atom stereocenters. The minimum atomic E-state index is -0.667. The Kier molecular flexibility index (Phi) is 9.53. The Balaban J connectivity index is 0.000000261. The van der Waals surface area contributed by atoms with E-state index in [1.807, 2.05) is 0 Å². The van der Waals surface area contributed by atoms with Crippen molar-refractivity contribution in [2.45, 2.75) is 51.6 Å². The van der Waals surface area contributed by atoms with Crippen LogP contribution >= 0.6 is 11.1 Å². The molecule has 0 unspecified atom stereocenters. The van der Waals surface area contributed by atoms with Crippen LogP contribution in [0.4, 0.5) is 0 Å². The molecule has 2 heteroatoms. The van der Waals surface area contributed by atoms with Crippen LogP contribution in [0.3, 0.4) is 0 Å². The molecule has 0 radical (unpaired) electrons. The van der Waals surface area contributed by atoms with E-state index in [-0.39, 0.29) is 0 Å². The predicted octanol–water partition coefficient (Wildman–Crippen LogP) is 4.11. The van der Waals surface area contributed by atoms with Crippen LogP contribution in [0.1, 0.15) is 38.5 Å². The molecule has 0 nitrogen and oxygen atoms in total.